The lowest BCUT2D eigenvalue weighted by Crippen LogP contribution is -2.30. The van der Waals surface area contributed by atoms with Gasteiger partial charge in [0.15, 0.2) is 0 Å². The zero-order valence-electron chi connectivity index (χ0n) is 10.4. The molecule has 5 nitrogen and oxygen atoms in total. The lowest BCUT2D eigenvalue weighted by molar-refractivity contribution is 0.422. The fraction of sp³-hybridized carbons (Fsp3) is 0.818. The summed E-state index contributed by atoms with van der Waals surface area (Å²) in [4.78, 5) is 2.08. The molecule has 1 N–H and O–H groups in total. The van der Waals surface area contributed by atoms with E-state index in [1.54, 1.807) is 0 Å². The van der Waals surface area contributed by atoms with Gasteiger partial charge in [0, 0.05) is 13.1 Å². The van der Waals surface area contributed by atoms with Crippen molar-refractivity contribution in [1.29, 1.82) is 0 Å². The summed E-state index contributed by atoms with van der Waals surface area (Å²) < 4.78 is 5.64. The Hall–Kier alpha value is -1.10. The largest absolute Gasteiger partial charge is 0.406 e. The highest BCUT2D eigenvalue weighted by molar-refractivity contribution is 5.25. The molecule has 1 fully saturated rings. The molecule has 0 amide bonds. The van der Waals surface area contributed by atoms with E-state index in [4.69, 9.17) is 4.42 Å². The van der Waals surface area contributed by atoms with E-state index < -0.39 is 0 Å². The molecule has 0 radical (unpaired) electrons. The van der Waals surface area contributed by atoms with Crippen molar-refractivity contribution < 1.29 is 4.42 Å². The highest BCUT2D eigenvalue weighted by atomic mass is 16.4. The Bertz CT molecular complexity index is 348. The van der Waals surface area contributed by atoms with Crippen molar-refractivity contribution in [3.05, 3.63) is 5.89 Å². The van der Waals surface area contributed by atoms with E-state index in [2.05, 4.69) is 27.3 Å². The molecular weight excluding hydrogens is 204 g/mol. The van der Waals surface area contributed by atoms with Crippen molar-refractivity contribution in [1.82, 2.24) is 15.5 Å². The van der Waals surface area contributed by atoms with Gasteiger partial charge in [-0.15, -0.1) is 5.10 Å². The maximum Gasteiger partial charge on any atom is 0.318 e. The monoisotopic (exact) mass is 224 g/mol. The Kier molecular flexibility index (Phi) is 3.14. The highest BCUT2D eigenvalue weighted by Gasteiger charge is 2.32. The molecule has 1 aromatic heterocycles. The molecule has 90 valence electrons. The zero-order valence-corrected chi connectivity index (χ0v) is 10.4. The Morgan fingerprint density at radius 2 is 2.06 bits per heavy atom. The molecule has 1 heterocycles. The van der Waals surface area contributed by atoms with Crippen LogP contribution in [0.2, 0.25) is 0 Å². The average molecular weight is 224 g/mol. The number of nitrogens with one attached hydrogen (secondary N) is 1. The van der Waals surface area contributed by atoms with E-state index in [1.807, 2.05) is 21.0 Å². The van der Waals surface area contributed by atoms with Crippen LogP contribution in [0.1, 0.15) is 38.6 Å². The first-order valence-corrected chi connectivity index (χ1v) is 5.87. The van der Waals surface area contributed by atoms with Gasteiger partial charge in [0.05, 0.1) is 6.04 Å². The van der Waals surface area contributed by atoms with Crippen molar-refractivity contribution in [2.24, 2.45) is 5.92 Å². The van der Waals surface area contributed by atoms with Gasteiger partial charge in [0.1, 0.15) is 0 Å². The van der Waals surface area contributed by atoms with Crippen LogP contribution < -0.4 is 10.2 Å². The van der Waals surface area contributed by atoms with Gasteiger partial charge in [0.25, 0.3) is 0 Å². The molecule has 1 saturated carbocycles. The van der Waals surface area contributed by atoms with Crippen LogP contribution in [0.4, 0.5) is 6.01 Å². The average Bonchev–Trinajstić information content (AvgIpc) is 3.03. The molecule has 1 aliphatic carbocycles. The van der Waals surface area contributed by atoms with E-state index in [0.717, 1.165) is 5.92 Å². The van der Waals surface area contributed by atoms with Crippen molar-refractivity contribution in [2.45, 2.75) is 38.8 Å². The lowest BCUT2D eigenvalue weighted by atomic mass is 10.2. The standard InChI is InChI=1S/C11H20N4O/c1-7(12-3)10-13-14-11(16-10)15(4)8(2)9-5-6-9/h7-9,12H,5-6H2,1-4H3. The summed E-state index contributed by atoms with van der Waals surface area (Å²) in [5.74, 6) is 1.44. The first kappa shape index (κ1) is 11.4. The molecule has 16 heavy (non-hydrogen) atoms. The summed E-state index contributed by atoms with van der Waals surface area (Å²) in [5.41, 5.74) is 0. The molecule has 0 bridgehead atoms. The van der Waals surface area contributed by atoms with Crippen LogP contribution in [0.3, 0.4) is 0 Å². The Labute approximate surface area is 96.2 Å². The van der Waals surface area contributed by atoms with Crippen molar-refractivity contribution >= 4 is 6.01 Å². The van der Waals surface area contributed by atoms with Gasteiger partial charge >= 0.3 is 6.01 Å². The zero-order chi connectivity index (χ0) is 11.7. The Morgan fingerprint density at radius 1 is 1.38 bits per heavy atom. The number of hydrogen-bond donors (Lipinski definition) is 1. The Balaban J connectivity index is 2.05. The van der Waals surface area contributed by atoms with Gasteiger partial charge in [-0.3, -0.25) is 0 Å². The minimum atomic E-state index is 0.103. The SMILES string of the molecule is CNC(C)c1nnc(N(C)C(C)C2CC2)o1. The highest BCUT2D eigenvalue weighted by Crippen LogP contribution is 2.36. The van der Waals surface area contributed by atoms with Gasteiger partial charge in [-0.05, 0) is 39.7 Å². The fourth-order valence-corrected chi connectivity index (χ4v) is 1.74. The van der Waals surface area contributed by atoms with Crippen LogP contribution in [-0.2, 0) is 0 Å². The van der Waals surface area contributed by atoms with Gasteiger partial charge < -0.3 is 14.6 Å². The molecule has 0 saturated heterocycles. The minimum Gasteiger partial charge on any atom is -0.406 e. The predicted molar refractivity (Wildman–Crippen MR) is 62.4 cm³/mol. The summed E-state index contributed by atoms with van der Waals surface area (Å²) in [7, 11) is 3.90. The summed E-state index contributed by atoms with van der Waals surface area (Å²) in [6.07, 6.45) is 2.64. The third-order valence-corrected chi connectivity index (χ3v) is 3.45. The normalized spacial score (nSPS) is 19.5. The van der Waals surface area contributed by atoms with Crippen LogP contribution in [0.5, 0.6) is 0 Å². The molecule has 5 heteroatoms. The van der Waals surface area contributed by atoms with E-state index in [0.29, 0.717) is 17.9 Å². The molecule has 2 unspecified atom stereocenters. The fourth-order valence-electron chi connectivity index (χ4n) is 1.74. The second-order valence-corrected chi connectivity index (χ2v) is 4.62. The number of anilines is 1. The minimum absolute atomic E-state index is 0.103. The van der Waals surface area contributed by atoms with Crippen LogP contribution in [0.25, 0.3) is 0 Å². The van der Waals surface area contributed by atoms with E-state index >= 15 is 0 Å². The maximum atomic E-state index is 5.64. The lowest BCUT2D eigenvalue weighted by Gasteiger charge is -2.22. The van der Waals surface area contributed by atoms with Gasteiger partial charge in [0.2, 0.25) is 5.89 Å². The summed E-state index contributed by atoms with van der Waals surface area (Å²) in [6.45, 7) is 4.21. The van der Waals surface area contributed by atoms with E-state index in [-0.39, 0.29) is 6.04 Å². The van der Waals surface area contributed by atoms with Crippen molar-refractivity contribution in [2.75, 3.05) is 19.0 Å². The first-order chi connectivity index (χ1) is 7.63. The second kappa shape index (κ2) is 4.41. The second-order valence-electron chi connectivity index (χ2n) is 4.62. The van der Waals surface area contributed by atoms with E-state index in [1.165, 1.54) is 12.8 Å². The first-order valence-electron chi connectivity index (χ1n) is 5.87. The molecule has 0 aromatic carbocycles. The van der Waals surface area contributed by atoms with Crippen molar-refractivity contribution in [3.63, 3.8) is 0 Å². The number of rotatable bonds is 5. The topological polar surface area (TPSA) is 54.2 Å². The third kappa shape index (κ3) is 2.19. The van der Waals surface area contributed by atoms with Gasteiger partial charge in [-0.2, -0.15) is 0 Å². The van der Waals surface area contributed by atoms with Crippen LogP contribution >= 0.6 is 0 Å². The number of aromatic nitrogens is 2. The molecule has 1 aliphatic rings. The molecule has 2 rings (SSSR count). The van der Waals surface area contributed by atoms with Gasteiger partial charge in [-0.1, -0.05) is 5.10 Å². The maximum absolute atomic E-state index is 5.64. The third-order valence-electron chi connectivity index (χ3n) is 3.45. The van der Waals surface area contributed by atoms with Crippen LogP contribution in [-0.4, -0.2) is 30.3 Å². The van der Waals surface area contributed by atoms with Crippen LogP contribution in [0, 0.1) is 5.92 Å². The summed E-state index contributed by atoms with van der Waals surface area (Å²) in [5, 5.41) is 11.2. The molecule has 1 aromatic rings. The predicted octanol–water partition coefficient (Wildman–Crippen LogP) is 1.58. The number of hydrogen-bond acceptors (Lipinski definition) is 5. The quantitative estimate of drug-likeness (QED) is 0.823. The molecule has 0 spiro atoms. The molecule has 2 atom stereocenters. The molecule has 0 aliphatic heterocycles. The van der Waals surface area contributed by atoms with Crippen molar-refractivity contribution in [3.8, 4) is 0 Å². The summed E-state index contributed by atoms with van der Waals surface area (Å²) in [6, 6.07) is 1.21. The smallest absolute Gasteiger partial charge is 0.318 e. The van der Waals surface area contributed by atoms with E-state index in [9.17, 15) is 0 Å². The Morgan fingerprint density at radius 3 is 2.62 bits per heavy atom. The summed E-state index contributed by atoms with van der Waals surface area (Å²) >= 11 is 0. The van der Waals surface area contributed by atoms with Gasteiger partial charge in [-0.25, -0.2) is 0 Å². The van der Waals surface area contributed by atoms with Crippen LogP contribution in [0.15, 0.2) is 4.42 Å². The number of nitrogens with zero attached hydrogens (tertiary/aromatic N) is 3. The molecular formula is C11H20N4O.